The van der Waals surface area contributed by atoms with E-state index in [1.54, 1.807) is 0 Å². The van der Waals surface area contributed by atoms with Crippen LogP contribution >= 0.6 is 0 Å². The molecule has 0 N–H and O–H groups in total. The first kappa shape index (κ1) is 12.2. The zero-order valence-corrected chi connectivity index (χ0v) is 9.59. The van der Waals surface area contributed by atoms with Crippen molar-refractivity contribution >= 4 is 0 Å². The maximum Gasteiger partial charge on any atom is -0.0142 e. The fourth-order valence-corrected chi connectivity index (χ4v) is 1.10. The summed E-state index contributed by atoms with van der Waals surface area (Å²) < 4.78 is 0. The molecule has 1 atom stereocenters. The molecule has 74 valence electrons. The molecule has 0 aliphatic heterocycles. The Bertz CT molecular complexity index is 211. The first-order valence-electron chi connectivity index (χ1n) is 4.88. The van der Waals surface area contributed by atoms with Crippen molar-refractivity contribution in [1.29, 1.82) is 0 Å². The number of hydrogen-bond acceptors (Lipinski definition) is 0. The van der Waals surface area contributed by atoms with Crippen LogP contribution in [0.1, 0.15) is 34.6 Å². The lowest BCUT2D eigenvalue weighted by Gasteiger charge is -2.28. The molecule has 0 aromatic carbocycles. The molecule has 0 amide bonds. The SMILES string of the molecule is C=C/C(=C\C=C/C)C(C)C(C)(C)C. The minimum absolute atomic E-state index is 0.307. The smallest absolute Gasteiger partial charge is 0.0142 e. The van der Waals surface area contributed by atoms with Crippen molar-refractivity contribution in [2.45, 2.75) is 34.6 Å². The van der Waals surface area contributed by atoms with E-state index in [4.69, 9.17) is 0 Å². The van der Waals surface area contributed by atoms with Crippen LogP contribution in [-0.2, 0) is 0 Å². The van der Waals surface area contributed by atoms with Gasteiger partial charge < -0.3 is 0 Å². The summed E-state index contributed by atoms with van der Waals surface area (Å²) in [7, 11) is 0. The van der Waals surface area contributed by atoms with E-state index < -0.39 is 0 Å². The van der Waals surface area contributed by atoms with Crippen LogP contribution in [0.15, 0.2) is 36.5 Å². The third-order valence-electron chi connectivity index (χ3n) is 2.52. The molecule has 0 spiro atoms. The van der Waals surface area contributed by atoms with E-state index in [9.17, 15) is 0 Å². The summed E-state index contributed by atoms with van der Waals surface area (Å²) in [4.78, 5) is 0. The molecule has 0 heteroatoms. The van der Waals surface area contributed by atoms with Crippen molar-refractivity contribution in [3.63, 3.8) is 0 Å². The van der Waals surface area contributed by atoms with Crippen molar-refractivity contribution in [2.75, 3.05) is 0 Å². The minimum Gasteiger partial charge on any atom is -0.0988 e. The Balaban J connectivity index is 4.69. The molecule has 0 aliphatic rings. The molecule has 0 aliphatic carbocycles. The Morgan fingerprint density at radius 2 is 1.85 bits per heavy atom. The molecule has 0 rings (SSSR count). The van der Waals surface area contributed by atoms with Crippen molar-refractivity contribution in [1.82, 2.24) is 0 Å². The van der Waals surface area contributed by atoms with Gasteiger partial charge in [-0.3, -0.25) is 0 Å². The van der Waals surface area contributed by atoms with Gasteiger partial charge in [-0.2, -0.15) is 0 Å². The van der Waals surface area contributed by atoms with E-state index in [1.807, 2.05) is 19.1 Å². The average Bonchev–Trinajstić information content (AvgIpc) is 2.04. The summed E-state index contributed by atoms with van der Waals surface area (Å²) in [5, 5.41) is 0. The second kappa shape index (κ2) is 5.06. The van der Waals surface area contributed by atoms with Crippen LogP contribution in [0.25, 0.3) is 0 Å². The van der Waals surface area contributed by atoms with Gasteiger partial charge in [0, 0.05) is 0 Å². The van der Waals surface area contributed by atoms with Crippen LogP contribution in [0.2, 0.25) is 0 Å². The lowest BCUT2D eigenvalue weighted by molar-refractivity contribution is 0.305. The van der Waals surface area contributed by atoms with Crippen molar-refractivity contribution < 1.29 is 0 Å². The molecule has 1 unspecified atom stereocenters. The maximum absolute atomic E-state index is 3.85. The standard InChI is InChI=1S/C13H22/c1-7-9-10-12(8-2)11(3)13(4,5)6/h7-11H,2H2,1,3-6H3/b9-7-,12-10+. The molecule has 0 radical (unpaired) electrons. The molecule has 0 saturated heterocycles. The highest BCUT2D eigenvalue weighted by molar-refractivity contribution is 5.25. The predicted octanol–water partition coefficient (Wildman–Crippen LogP) is 4.36. The Labute approximate surface area is 83.0 Å². The molecule has 0 aromatic heterocycles. The third kappa shape index (κ3) is 4.12. The van der Waals surface area contributed by atoms with Gasteiger partial charge in [-0.1, -0.05) is 58.6 Å². The van der Waals surface area contributed by atoms with Gasteiger partial charge in [-0.25, -0.2) is 0 Å². The van der Waals surface area contributed by atoms with Crippen LogP contribution < -0.4 is 0 Å². The zero-order chi connectivity index (χ0) is 10.5. The molecule has 0 fully saturated rings. The predicted molar refractivity (Wildman–Crippen MR) is 61.7 cm³/mol. The van der Waals surface area contributed by atoms with Crippen molar-refractivity contribution in [2.24, 2.45) is 11.3 Å². The molecule has 0 aromatic rings. The van der Waals surface area contributed by atoms with E-state index in [-0.39, 0.29) is 0 Å². The lowest BCUT2D eigenvalue weighted by Crippen LogP contribution is -2.18. The maximum atomic E-state index is 3.85. The van der Waals surface area contributed by atoms with Crippen LogP contribution in [-0.4, -0.2) is 0 Å². The van der Waals surface area contributed by atoms with Gasteiger partial charge in [0.25, 0.3) is 0 Å². The summed E-state index contributed by atoms with van der Waals surface area (Å²) in [6, 6.07) is 0. The van der Waals surface area contributed by atoms with Crippen LogP contribution in [0.5, 0.6) is 0 Å². The highest BCUT2D eigenvalue weighted by Gasteiger charge is 2.21. The average molecular weight is 178 g/mol. The number of rotatable bonds is 3. The van der Waals surface area contributed by atoms with E-state index in [0.717, 1.165) is 0 Å². The van der Waals surface area contributed by atoms with Gasteiger partial charge in [-0.15, -0.1) is 0 Å². The molecular weight excluding hydrogens is 156 g/mol. The highest BCUT2D eigenvalue weighted by atomic mass is 14.3. The normalized spacial score (nSPS) is 16.2. The minimum atomic E-state index is 0.307. The second-order valence-electron chi connectivity index (χ2n) is 4.48. The molecule has 0 heterocycles. The Kier molecular flexibility index (Phi) is 4.76. The molecule has 0 saturated carbocycles. The van der Waals surface area contributed by atoms with E-state index >= 15 is 0 Å². The number of allylic oxidation sites excluding steroid dienone is 5. The van der Waals surface area contributed by atoms with Gasteiger partial charge in [0.1, 0.15) is 0 Å². The third-order valence-corrected chi connectivity index (χ3v) is 2.52. The monoisotopic (exact) mass is 178 g/mol. The molecule has 13 heavy (non-hydrogen) atoms. The van der Waals surface area contributed by atoms with Gasteiger partial charge in [0.2, 0.25) is 0 Å². The lowest BCUT2D eigenvalue weighted by atomic mass is 9.77. The van der Waals surface area contributed by atoms with Crippen molar-refractivity contribution in [3.05, 3.63) is 36.5 Å². The Morgan fingerprint density at radius 1 is 1.31 bits per heavy atom. The second-order valence-corrected chi connectivity index (χ2v) is 4.48. The fraction of sp³-hybridized carbons (Fsp3) is 0.538. The van der Waals surface area contributed by atoms with Crippen LogP contribution in [0.3, 0.4) is 0 Å². The molecule has 0 bridgehead atoms. The van der Waals surface area contributed by atoms with E-state index in [1.165, 1.54) is 5.57 Å². The molecular formula is C13H22. The van der Waals surface area contributed by atoms with Crippen LogP contribution in [0, 0.1) is 11.3 Å². The summed E-state index contributed by atoms with van der Waals surface area (Å²) in [6.45, 7) is 14.9. The Morgan fingerprint density at radius 3 is 2.15 bits per heavy atom. The first-order chi connectivity index (χ1) is 5.93. The van der Waals surface area contributed by atoms with Gasteiger partial charge in [0.15, 0.2) is 0 Å². The largest absolute Gasteiger partial charge is 0.0988 e. The first-order valence-corrected chi connectivity index (χ1v) is 4.88. The quantitative estimate of drug-likeness (QED) is 0.563. The van der Waals surface area contributed by atoms with E-state index in [2.05, 4.69) is 46.4 Å². The zero-order valence-electron chi connectivity index (χ0n) is 9.59. The topological polar surface area (TPSA) is 0 Å². The summed E-state index contributed by atoms with van der Waals surface area (Å²) in [5.74, 6) is 0.543. The number of hydrogen-bond donors (Lipinski definition) is 0. The van der Waals surface area contributed by atoms with Crippen molar-refractivity contribution in [3.8, 4) is 0 Å². The summed E-state index contributed by atoms with van der Waals surface area (Å²) in [6.07, 6.45) is 8.21. The van der Waals surface area contributed by atoms with Crippen LogP contribution in [0.4, 0.5) is 0 Å². The fourth-order valence-electron chi connectivity index (χ4n) is 1.10. The Hall–Kier alpha value is -0.780. The van der Waals surface area contributed by atoms with Gasteiger partial charge in [-0.05, 0) is 23.8 Å². The summed E-state index contributed by atoms with van der Waals surface area (Å²) in [5.41, 5.74) is 1.62. The highest BCUT2D eigenvalue weighted by Crippen LogP contribution is 2.31. The van der Waals surface area contributed by atoms with E-state index in [0.29, 0.717) is 11.3 Å². The van der Waals surface area contributed by atoms with Gasteiger partial charge in [0.05, 0.1) is 0 Å². The molecule has 0 nitrogen and oxygen atoms in total. The summed E-state index contributed by atoms with van der Waals surface area (Å²) >= 11 is 0. The van der Waals surface area contributed by atoms with Gasteiger partial charge >= 0.3 is 0 Å².